The number of anilines is 1. The first-order valence-electron chi connectivity index (χ1n) is 9.20. The van der Waals surface area contributed by atoms with Crippen LogP contribution < -0.4 is 10.6 Å². The smallest absolute Gasteiger partial charge is 0.232 e. The van der Waals surface area contributed by atoms with E-state index in [1.807, 2.05) is 29.8 Å². The fourth-order valence-electron chi connectivity index (χ4n) is 3.25. The van der Waals surface area contributed by atoms with Gasteiger partial charge in [0.05, 0.1) is 17.1 Å². The number of rotatable bonds is 6. The van der Waals surface area contributed by atoms with E-state index in [2.05, 4.69) is 32.7 Å². The number of thiazole rings is 2. The molecule has 0 bridgehead atoms. The van der Waals surface area contributed by atoms with E-state index in [9.17, 15) is 4.79 Å². The molecule has 0 radical (unpaired) electrons. The highest BCUT2D eigenvalue weighted by molar-refractivity contribution is 7.15. The fraction of sp³-hybridized carbons (Fsp3) is 0.350. The monoisotopic (exact) mass is 398 g/mol. The highest BCUT2D eigenvalue weighted by Gasteiger charge is 2.18. The maximum atomic E-state index is 12.3. The first-order chi connectivity index (χ1) is 13.3. The molecule has 0 aliphatic carbocycles. The summed E-state index contributed by atoms with van der Waals surface area (Å²) >= 11 is 3.20. The first-order valence-corrected chi connectivity index (χ1v) is 10.9. The lowest BCUT2D eigenvalue weighted by Crippen LogP contribution is -2.26. The van der Waals surface area contributed by atoms with Gasteiger partial charge in [0.2, 0.25) is 5.91 Å². The predicted octanol–water partition coefficient (Wildman–Crippen LogP) is 3.84. The van der Waals surface area contributed by atoms with Crippen molar-refractivity contribution in [2.45, 2.75) is 31.6 Å². The minimum atomic E-state index is -0.0576. The van der Waals surface area contributed by atoms with Gasteiger partial charge in [-0.25, -0.2) is 9.97 Å². The number of piperidine rings is 1. The maximum Gasteiger partial charge on any atom is 0.232 e. The molecule has 1 aliphatic heterocycles. The van der Waals surface area contributed by atoms with Crippen molar-refractivity contribution in [2.75, 3.05) is 18.4 Å². The highest BCUT2D eigenvalue weighted by atomic mass is 32.1. The van der Waals surface area contributed by atoms with E-state index in [1.165, 1.54) is 10.4 Å². The van der Waals surface area contributed by atoms with Crippen molar-refractivity contribution >= 4 is 33.7 Å². The minimum absolute atomic E-state index is 0.0576. The van der Waals surface area contributed by atoms with Gasteiger partial charge in [0.25, 0.3) is 0 Å². The average molecular weight is 399 g/mol. The van der Waals surface area contributed by atoms with E-state index in [1.54, 1.807) is 22.7 Å². The molecule has 0 saturated carbocycles. The summed E-state index contributed by atoms with van der Waals surface area (Å²) in [6.07, 6.45) is 5.28. The summed E-state index contributed by atoms with van der Waals surface area (Å²) in [6, 6.07) is 10.3. The van der Waals surface area contributed by atoms with Crippen LogP contribution in [-0.4, -0.2) is 29.0 Å². The summed E-state index contributed by atoms with van der Waals surface area (Å²) in [5, 5.41) is 10.00. The molecule has 5 nitrogen and oxygen atoms in total. The summed E-state index contributed by atoms with van der Waals surface area (Å²) in [6.45, 7) is 2.11. The Morgan fingerprint density at radius 3 is 2.85 bits per heavy atom. The van der Waals surface area contributed by atoms with Crippen molar-refractivity contribution in [2.24, 2.45) is 0 Å². The Kier molecular flexibility index (Phi) is 5.91. The largest absolute Gasteiger partial charge is 0.317 e. The van der Waals surface area contributed by atoms with Crippen LogP contribution in [0.5, 0.6) is 0 Å². The van der Waals surface area contributed by atoms with Gasteiger partial charge in [0, 0.05) is 22.9 Å². The number of nitrogens with one attached hydrogen (secondary N) is 2. The van der Waals surface area contributed by atoms with Crippen molar-refractivity contribution in [3.63, 3.8) is 0 Å². The molecule has 1 saturated heterocycles. The second-order valence-electron chi connectivity index (χ2n) is 6.71. The summed E-state index contributed by atoms with van der Waals surface area (Å²) < 4.78 is 0. The number of benzene rings is 1. The third-order valence-electron chi connectivity index (χ3n) is 4.65. The third-order valence-corrected chi connectivity index (χ3v) is 6.62. The van der Waals surface area contributed by atoms with Crippen LogP contribution >= 0.6 is 22.7 Å². The van der Waals surface area contributed by atoms with Gasteiger partial charge in [-0.05, 0) is 37.4 Å². The second-order valence-corrected chi connectivity index (χ2v) is 8.72. The predicted molar refractivity (Wildman–Crippen MR) is 111 cm³/mol. The molecule has 1 fully saturated rings. The first kappa shape index (κ1) is 18.3. The zero-order valence-corrected chi connectivity index (χ0v) is 16.6. The van der Waals surface area contributed by atoms with Crippen LogP contribution in [0.2, 0.25) is 0 Å². The van der Waals surface area contributed by atoms with Crippen LogP contribution in [0, 0.1) is 0 Å². The van der Waals surface area contributed by atoms with Crippen molar-refractivity contribution in [3.05, 3.63) is 63.1 Å². The number of amides is 1. The van der Waals surface area contributed by atoms with Crippen LogP contribution in [0.15, 0.2) is 41.9 Å². The standard InChI is InChI=1S/C20H22N4OS2/c25-18(24-20-22-12-17(27-20)15-6-8-21-9-7-15)11-16-13-26-19(23-16)10-14-4-2-1-3-5-14/h1-5,12-13,15,21H,6-11H2,(H,22,24,25). The lowest BCUT2D eigenvalue weighted by Gasteiger charge is -2.20. The SMILES string of the molecule is O=C(Cc1csc(Cc2ccccc2)n1)Nc1ncc(C2CCNCC2)s1. The molecule has 0 atom stereocenters. The van der Waals surface area contributed by atoms with Gasteiger partial charge in [-0.2, -0.15) is 0 Å². The third kappa shape index (κ3) is 5.00. The molecule has 0 spiro atoms. The van der Waals surface area contributed by atoms with Crippen molar-refractivity contribution in [1.82, 2.24) is 15.3 Å². The number of carbonyl (C=O) groups excluding carboxylic acids is 1. The Morgan fingerprint density at radius 1 is 1.22 bits per heavy atom. The molecular weight excluding hydrogens is 376 g/mol. The van der Waals surface area contributed by atoms with Gasteiger partial charge in [-0.1, -0.05) is 30.3 Å². The minimum Gasteiger partial charge on any atom is -0.317 e. The van der Waals surface area contributed by atoms with E-state index < -0.39 is 0 Å². The molecule has 3 aromatic rings. The molecular formula is C20H22N4OS2. The van der Waals surface area contributed by atoms with Crippen molar-refractivity contribution in [1.29, 1.82) is 0 Å². The highest BCUT2D eigenvalue weighted by Crippen LogP contribution is 2.31. The van der Waals surface area contributed by atoms with Crippen LogP contribution in [0.3, 0.4) is 0 Å². The summed E-state index contributed by atoms with van der Waals surface area (Å²) in [5.74, 6) is 0.506. The maximum absolute atomic E-state index is 12.3. The Balaban J connectivity index is 1.31. The van der Waals surface area contributed by atoms with E-state index in [0.717, 1.165) is 43.1 Å². The molecule has 2 N–H and O–H groups in total. The molecule has 3 heterocycles. The van der Waals surface area contributed by atoms with E-state index >= 15 is 0 Å². The molecule has 7 heteroatoms. The molecule has 2 aromatic heterocycles. The van der Waals surface area contributed by atoms with Gasteiger partial charge in [0.1, 0.15) is 0 Å². The summed E-state index contributed by atoms with van der Waals surface area (Å²) in [5.41, 5.74) is 2.05. The normalized spacial score (nSPS) is 15.0. The number of hydrogen-bond acceptors (Lipinski definition) is 6. The second kappa shape index (κ2) is 8.73. The Morgan fingerprint density at radius 2 is 2.04 bits per heavy atom. The lowest BCUT2D eigenvalue weighted by molar-refractivity contribution is -0.115. The molecule has 1 aliphatic rings. The summed E-state index contributed by atoms with van der Waals surface area (Å²) in [7, 11) is 0. The van der Waals surface area contributed by atoms with E-state index in [0.29, 0.717) is 11.0 Å². The van der Waals surface area contributed by atoms with Gasteiger partial charge in [0.15, 0.2) is 5.13 Å². The van der Waals surface area contributed by atoms with Gasteiger partial charge in [-0.15, -0.1) is 22.7 Å². The average Bonchev–Trinajstić information content (AvgIpc) is 3.33. The van der Waals surface area contributed by atoms with E-state index in [4.69, 9.17) is 0 Å². The van der Waals surface area contributed by atoms with Gasteiger partial charge < -0.3 is 10.6 Å². The summed E-state index contributed by atoms with van der Waals surface area (Å²) in [4.78, 5) is 22.6. The zero-order chi connectivity index (χ0) is 18.5. The van der Waals surface area contributed by atoms with Crippen LogP contribution in [0.25, 0.3) is 0 Å². The quantitative estimate of drug-likeness (QED) is 0.662. The number of aromatic nitrogens is 2. The number of carbonyl (C=O) groups is 1. The van der Waals surface area contributed by atoms with Crippen LogP contribution in [0.1, 0.15) is 39.9 Å². The van der Waals surface area contributed by atoms with Gasteiger partial charge >= 0.3 is 0 Å². The molecule has 4 rings (SSSR count). The topological polar surface area (TPSA) is 66.9 Å². The van der Waals surface area contributed by atoms with Crippen molar-refractivity contribution < 1.29 is 4.79 Å². The molecule has 1 amide bonds. The van der Waals surface area contributed by atoms with Crippen LogP contribution in [0.4, 0.5) is 5.13 Å². The van der Waals surface area contributed by atoms with Crippen molar-refractivity contribution in [3.8, 4) is 0 Å². The molecule has 140 valence electrons. The Hall–Kier alpha value is -2.09. The number of nitrogens with zero attached hydrogens (tertiary/aromatic N) is 2. The Bertz CT molecular complexity index is 884. The molecule has 27 heavy (non-hydrogen) atoms. The molecule has 1 aromatic carbocycles. The van der Waals surface area contributed by atoms with E-state index in [-0.39, 0.29) is 12.3 Å². The lowest BCUT2D eigenvalue weighted by atomic mass is 9.97. The fourth-order valence-corrected chi connectivity index (χ4v) is 5.08. The van der Waals surface area contributed by atoms with Crippen LogP contribution in [-0.2, 0) is 17.6 Å². The zero-order valence-electron chi connectivity index (χ0n) is 15.0. The number of hydrogen-bond donors (Lipinski definition) is 2. The Labute approximate surface area is 166 Å². The molecule has 0 unspecified atom stereocenters. The van der Waals surface area contributed by atoms with Gasteiger partial charge in [-0.3, -0.25) is 4.79 Å².